The Kier molecular flexibility index (Phi) is 5.74. The van der Waals surface area contributed by atoms with Gasteiger partial charge in [-0.25, -0.2) is 4.98 Å². The highest BCUT2D eigenvalue weighted by molar-refractivity contribution is 7.22. The van der Waals surface area contributed by atoms with E-state index >= 15 is 0 Å². The van der Waals surface area contributed by atoms with Gasteiger partial charge in [-0.3, -0.25) is 14.5 Å². The van der Waals surface area contributed by atoms with Gasteiger partial charge in [-0.2, -0.15) is 0 Å². The number of amides is 1. The van der Waals surface area contributed by atoms with Crippen molar-refractivity contribution in [3.63, 3.8) is 0 Å². The second-order valence-corrected chi connectivity index (χ2v) is 9.19. The summed E-state index contributed by atoms with van der Waals surface area (Å²) in [6.07, 6.45) is 0. The summed E-state index contributed by atoms with van der Waals surface area (Å²) in [5.74, 6) is -1.18. The summed E-state index contributed by atoms with van der Waals surface area (Å²) in [6, 6.07) is 17.8. The Balaban J connectivity index is 1.68. The number of fused-ring (bicyclic) bond motifs is 1. The number of aromatic hydroxyl groups is 1. The van der Waals surface area contributed by atoms with Crippen LogP contribution in [0.25, 0.3) is 16.0 Å². The number of aliphatic hydroxyl groups is 1. The van der Waals surface area contributed by atoms with E-state index in [0.29, 0.717) is 34.1 Å². The minimum atomic E-state index is -0.913. The number of benzene rings is 3. The number of phenolic OH excluding ortho intramolecular Hbond substituents is 1. The molecule has 4 aromatic rings. The molecule has 1 unspecified atom stereocenters. The van der Waals surface area contributed by atoms with E-state index in [1.54, 1.807) is 36.4 Å². The smallest absolute Gasteiger partial charge is 0.301 e. The number of carbonyl (C=O) groups excluding carboxylic acids is 2. The van der Waals surface area contributed by atoms with Gasteiger partial charge in [0.2, 0.25) is 0 Å². The van der Waals surface area contributed by atoms with Crippen LogP contribution in [0.1, 0.15) is 29.7 Å². The van der Waals surface area contributed by atoms with Crippen LogP contribution >= 0.6 is 11.3 Å². The molecule has 0 aliphatic carbocycles. The van der Waals surface area contributed by atoms with E-state index in [9.17, 15) is 19.8 Å². The van der Waals surface area contributed by atoms with Gasteiger partial charge in [0.15, 0.2) is 5.13 Å². The number of rotatable bonds is 5. The van der Waals surface area contributed by atoms with Crippen molar-refractivity contribution in [3.8, 4) is 11.5 Å². The number of nitrogens with zero attached hydrogens (tertiary/aromatic N) is 2. The normalized spacial score (nSPS) is 17.3. The second-order valence-electron chi connectivity index (χ2n) is 8.19. The maximum absolute atomic E-state index is 13.3. The van der Waals surface area contributed by atoms with E-state index in [1.165, 1.54) is 28.4 Å². The summed E-state index contributed by atoms with van der Waals surface area (Å²) in [5, 5.41) is 21.4. The molecule has 5 rings (SSSR count). The molecule has 176 valence electrons. The fraction of sp³-hybridized carbons (Fsp3) is 0.148. The number of aromatic nitrogens is 1. The number of ketones is 1. The monoisotopic (exact) mass is 486 g/mol. The van der Waals surface area contributed by atoms with E-state index < -0.39 is 17.7 Å². The number of thiazole rings is 1. The highest BCUT2D eigenvalue weighted by atomic mass is 32.1. The Hall–Kier alpha value is -4.17. The van der Waals surface area contributed by atoms with E-state index in [1.807, 2.05) is 32.0 Å². The minimum Gasteiger partial charge on any atom is -0.508 e. The molecule has 0 spiro atoms. The molecule has 0 bridgehead atoms. The van der Waals surface area contributed by atoms with Gasteiger partial charge in [-0.05, 0) is 73.5 Å². The third-order valence-corrected chi connectivity index (χ3v) is 6.85. The Morgan fingerprint density at radius 3 is 2.46 bits per heavy atom. The number of hydrogen-bond donors (Lipinski definition) is 2. The van der Waals surface area contributed by atoms with Crippen LogP contribution in [0.2, 0.25) is 0 Å². The number of ether oxygens (including phenoxy) is 1. The molecule has 1 atom stereocenters. The van der Waals surface area contributed by atoms with Crippen molar-refractivity contribution in [2.45, 2.75) is 19.9 Å². The third-order valence-electron chi connectivity index (χ3n) is 5.83. The Bertz CT molecular complexity index is 1470. The lowest BCUT2D eigenvalue weighted by molar-refractivity contribution is -0.132. The molecule has 2 heterocycles. The molecule has 0 saturated carbocycles. The van der Waals surface area contributed by atoms with Gasteiger partial charge in [-0.15, -0.1) is 0 Å². The average Bonchev–Trinajstić information content (AvgIpc) is 3.37. The maximum atomic E-state index is 13.3. The molecule has 35 heavy (non-hydrogen) atoms. The largest absolute Gasteiger partial charge is 0.508 e. The van der Waals surface area contributed by atoms with Crippen molar-refractivity contribution < 1.29 is 24.5 Å². The van der Waals surface area contributed by atoms with Crippen LogP contribution in [0.3, 0.4) is 0 Å². The van der Waals surface area contributed by atoms with Gasteiger partial charge in [0.05, 0.1) is 28.4 Å². The lowest BCUT2D eigenvalue weighted by Crippen LogP contribution is -2.29. The van der Waals surface area contributed by atoms with Gasteiger partial charge >= 0.3 is 5.91 Å². The molecule has 1 amide bonds. The van der Waals surface area contributed by atoms with Gasteiger partial charge in [0.1, 0.15) is 17.3 Å². The zero-order chi connectivity index (χ0) is 24.7. The topological polar surface area (TPSA) is 100.0 Å². The molecule has 7 nitrogen and oxygen atoms in total. The van der Waals surface area contributed by atoms with Gasteiger partial charge in [0.25, 0.3) is 5.78 Å². The molecular formula is C27H22N2O5S. The maximum Gasteiger partial charge on any atom is 0.301 e. The fourth-order valence-electron chi connectivity index (χ4n) is 4.16. The zero-order valence-electron chi connectivity index (χ0n) is 19.1. The van der Waals surface area contributed by atoms with Crippen LogP contribution in [-0.4, -0.2) is 33.5 Å². The molecule has 1 aromatic heterocycles. The first kappa shape index (κ1) is 22.6. The van der Waals surface area contributed by atoms with Crippen LogP contribution in [0.15, 0.2) is 72.3 Å². The van der Waals surface area contributed by atoms with Gasteiger partial charge in [-0.1, -0.05) is 29.5 Å². The first-order valence-electron chi connectivity index (χ1n) is 11.1. The molecule has 1 aliphatic heterocycles. The minimum absolute atomic E-state index is 0.0414. The van der Waals surface area contributed by atoms with E-state index in [0.717, 1.165) is 10.3 Å². The zero-order valence-corrected chi connectivity index (χ0v) is 19.9. The highest BCUT2D eigenvalue weighted by Gasteiger charge is 2.48. The molecule has 1 fully saturated rings. The van der Waals surface area contributed by atoms with Crippen molar-refractivity contribution in [2.24, 2.45) is 0 Å². The Labute approximate surface area is 205 Å². The van der Waals surface area contributed by atoms with Crippen LogP contribution < -0.4 is 9.64 Å². The molecule has 2 N–H and O–H groups in total. The summed E-state index contributed by atoms with van der Waals surface area (Å²) in [6.45, 7) is 4.34. The number of anilines is 1. The molecule has 0 radical (unpaired) electrons. The van der Waals surface area contributed by atoms with Crippen LogP contribution in [0.4, 0.5) is 5.13 Å². The predicted molar refractivity (Wildman–Crippen MR) is 135 cm³/mol. The first-order valence-corrected chi connectivity index (χ1v) is 11.9. The molecule has 1 aliphatic rings. The SMILES string of the molecule is CCOc1ccc(/C(O)=C2\C(=O)C(=O)N(c3nc4ccc(C)cc4s3)C2c2ccc(O)cc2)cc1. The van der Waals surface area contributed by atoms with Crippen molar-refractivity contribution in [1.29, 1.82) is 0 Å². The summed E-state index contributed by atoms with van der Waals surface area (Å²) in [4.78, 5) is 32.5. The number of hydrogen-bond acceptors (Lipinski definition) is 7. The number of aryl methyl sites for hydroxylation is 1. The number of phenols is 1. The number of carbonyl (C=O) groups is 2. The van der Waals surface area contributed by atoms with Crippen LogP contribution in [0.5, 0.6) is 11.5 Å². The molecule has 1 saturated heterocycles. The summed E-state index contributed by atoms with van der Waals surface area (Å²) < 4.78 is 6.35. The lowest BCUT2D eigenvalue weighted by Gasteiger charge is -2.23. The van der Waals surface area contributed by atoms with Crippen LogP contribution in [-0.2, 0) is 9.59 Å². The molecule has 3 aromatic carbocycles. The Morgan fingerprint density at radius 1 is 1.06 bits per heavy atom. The summed E-state index contributed by atoms with van der Waals surface area (Å²) in [5.41, 5.74) is 2.68. The van der Waals surface area contributed by atoms with Crippen molar-refractivity contribution in [2.75, 3.05) is 11.5 Å². The van der Waals surface area contributed by atoms with Gasteiger partial charge < -0.3 is 14.9 Å². The van der Waals surface area contributed by atoms with Crippen molar-refractivity contribution >= 4 is 44.1 Å². The first-order chi connectivity index (χ1) is 16.9. The Morgan fingerprint density at radius 2 is 1.77 bits per heavy atom. The molecule has 8 heteroatoms. The number of Topliss-reactive ketones (excluding diaryl/α,β-unsaturated/α-hetero) is 1. The molecular weight excluding hydrogens is 464 g/mol. The standard InChI is InChI=1S/C27H22N2O5S/c1-3-34-19-11-7-17(8-12-19)24(31)22-23(16-5-9-18(30)10-6-16)29(26(33)25(22)32)27-28-20-13-4-15(2)14-21(20)35-27/h4-14,23,30-31H,3H2,1-2H3/b24-22+. The number of aliphatic hydroxyl groups excluding tert-OH is 1. The van der Waals surface area contributed by atoms with E-state index in [2.05, 4.69) is 4.98 Å². The highest BCUT2D eigenvalue weighted by Crippen LogP contribution is 2.44. The second kappa shape index (κ2) is 8.88. The van der Waals surface area contributed by atoms with Crippen molar-refractivity contribution in [3.05, 3.63) is 89.0 Å². The third kappa shape index (κ3) is 4.02. The summed E-state index contributed by atoms with van der Waals surface area (Å²) in [7, 11) is 0. The average molecular weight is 487 g/mol. The quantitative estimate of drug-likeness (QED) is 0.225. The van der Waals surface area contributed by atoms with Gasteiger partial charge in [0, 0.05) is 5.56 Å². The van der Waals surface area contributed by atoms with E-state index in [4.69, 9.17) is 4.74 Å². The predicted octanol–water partition coefficient (Wildman–Crippen LogP) is 5.34. The summed E-state index contributed by atoms with van der Waals surface area (Å²) >= 11 is 1.30. The van der Waals surface area contributed by atoms with Crippen LogP contribution in [0, 0.1) is 6.92 Å². The van der Waals surface area contributed by atoms with Crippen molar-refractivity contribution in [1.82, 2.24) is 4.98 Å². The fourth-order valence-corrected chi connectivity index (χ4v) is 5.25. The lowest BCUT2D eigenvalue weighted by atomic mass is 9.95. The van der Waals surface area contributed by atoms with E-state index in [-0.39, 0.29) is 17.1 Å².